The highest BCUT2D eigenvalue weighted by Crippen LogP contribution is 2.40. The molecule has 1 unspecified atom stereocenters. The van der Waals surface area contributed by atoms with Gasteiger partial charge in [-0.2, -0.15) is 0 Å². The monoisotopic (exact) mass is 315 g/mol. The molecule has 0 aromatic carbocycles. The van der Waals surface area contributed by atoms with Gasteiger partial charge >= 0.3 is 0 Å². The van der Waals surface area contributed by atoms with Gasteiger partial charge in [0.1, 0.15) is 0 Å². The van der Waals surface area contributed by atoms with E-state index < -0.39 is 5.92 Å². The summed E-state index contributed by atoms with van der Waals surface area (Å²) in [4.78, 5) is 7.99. The summed E-state index contributed by atoms with van der Waals surface area (Å²) < 4.78 is 26.7. The van der Waals surface area contributed by atoms with E-state index in [0.717, 1.165) is 6.54 Å². The van der Waals surface area contributed by atoms with Crippen molar-refractivity contribution in [1.82, 2.24) is 15.2 Å². The zero-order valence-electron chi connectivity index (χ0n) is 12.4. The maximum atomic E-state index is 13.3. The van der Waals surface area contributed by atoms with Gasteiger partial charge in [0.15, 0.2) is 0 Å². The Morgan fingerprint density at radius 3 is 2.71 bits per heavy atom. The highest BCUT2D eigenvalue weighted by atomic mass is 32.1. The van der Waals surface area contributed by atoms with Crippen LogP contribution in [0.5, 0.6) is 0 Å². The predicted molar refractivity (Wildman–Crippen MR) is 81.1 cm³/mol. The molecule has 2 heterocycles. The van der Waals surface area contributed by atoms with Crippen LogP contribution in [-0.2, 0) is 0 Å². The van der Waals surface area contributed by atoms with Gasteiger partial charge in [0, 0.05) is 49.5 Å². The van der Waals surface area contributed by atoms with Crippen molar-refractivity contribution in [2.45, 2.75) is 50.0 Å². The standard InChI is InChI=1S/C15H23F2N3S/c1-18-9-12(20-7-5-15(16,17)6-8-20)13-10-19-14(21-13)11-3-2-4-11/h10-12,18H,2-9H2,1H3. The van der Waals surface area contributed by atoms with Gasteiger partial charge in [-0.25, -0.2) is 13.8 Å². The first kappa shape index (κ1) is 15.3. The SMILES string of the molecule is CNCC(c1cnc(C2CCC2)s1)N1CCC(F)(F)CC1. The average molecular weight is 315 g/mol. The molecule has 0 spiro atoms. The van der Waals surface area contributed by atoms with Gasteiger partial charge in [-0.05, 0) is 19.9 Å². The number of aromatic nitrogens is 1. The second-order valence-corrected chi connectivity index (χ2v) is 7.29. The second kappa shape index (κ2) is 6.26. The maximum Gasteiger partial charge on any atom is 0.250 e. The molecule has 1 saturated heterocycles. The molecule has 3 rings (SSSR count). The zero-order chi connectivity index (χ0) is 14.9. The Labute approximate surface area is 128 Å². The molecule has 0 amide bonds. The van der Waals surface area contributed by atoms with Crippen molar-refractivity contribution in [1.29, 1.82) is 0 Å². The first-order valence-corrected chi connectivity index (χ1v) is 8.63. The zero-order valence-corrected chi connectivity index (χ0v) is 13.3. The van der Waals surface area contributed by atoms with Crippen LogP contribution in [0.15, 0.2) is 6.20 Å². The first-order chi connectivity index (χ1) is 10.1. The highest BCUT2D eigenvalue weighted by molar-refractivity contribution is 7.11. The van der Waals surface area contributed by atoms with Gasteiger partial charge < -0.3 is 5.32 Å². The molecule has 6 heteroatoms. The van der Waals surface area contributed by atoms with Crippen molar-refractivity contribution < 1.29 is 8.78 Å². The van der Waals surface area contributed by atoms with Gasteiger partial charge in [0.25, 0.3) is 5.92 Å². The Bertz CT molecular complexity index is 463. The molecule has 21 heavy (non-hydrogen) atoms. The van der Waals surface area contributed by atoms with E-state index in [4.69, 9.17) is 0 Å². The third kappa shape index (κ3) is 3.43. The summed E-state index contributed by atoms with van der Waals surface area (Å²) in [5.74, 6) is -1.84. The number of halogens is 2. The Morgan fingerprint density at radius 1 is 1.43 bits per heavy atom. The molecule has 0 bridgehead atoms. The van der Waals surface area contributed by atoms with E-state index in [-0.39, 0.29) is 18.9 Å². The maximum absolute atomic E-state index is 13.3. The van der Waals surface area contributed by atoms with E-state index in [2.05, 4.69) is 15.2 Å². The Kier molecular flexibility index (Phi) is 4.57. The summed E-state index contributed by atoms with van der Waals surface area (Å²) in [7, 11) is 1.92. The molecule has 1 aromatic rings. The Balaban J connectivity index is 1.70. The van der Waals surface area contributed by atoms with E-state index in [1.165, 1.54) is 29.1 Å². The van der Waals surface area contributed by atoms with Crippen molar-refractivity contribution in [2.24, 2.45) is 0 Å². The number of hydrogen-bond donors (Lipinski definition) is 1. The summed E-state index contributed by atoms with van der Waals surface area (Å²) in [6, 6.07) is 0.178. The number of likely N-dealkylation sites (tertiary alicyclic amines) is 1. The van der Waals surface area contributed by atoms with Gasteiger partial charge in [-0.15, -0.1) is 11.3 Å². The molecule has 1 saturated carbocycles. The Hall–Kier alpha value is -0.590. The summed E-state index contributed by atoms with van der Waals surface area (Å²) in [6.07, 6.45) is 5.72. The van der Waals surface area contributed by atoms with E-state index >= 15 is 0 Å². The fourth-order valence-corrected chi connectivity index (χ4v) is 4.29. The number of rotatable bonds is 5. The molecule has 1 aliphatic carbocycles. The molecule has 1 aliphatic heterocycles. The molecule has 1 N–H and O–H groups in total. The summed E-state index contributed by atoms with van der Waals surface area (Å²) in [6.45, 7) is 1.73. The third-order valence-corrected chi connectivity index (χ3v) is 5.95. The van der Waals surface area contributed by atoms with Crippen LogP contribution in [0.2, 0.25) is 0 Å². The molecule has 1 aromatic heterocycles. The molecule has 1 atom stereocenters. The van der Waals surface area contributed by atoms with Gasteiger partial charge in [-0.3, -0.25) is 4.90 Å². The Morgan fingerprint density at radius 2 is 2.14 bits per heavy atom. The lowest BCUT2D eigenvalue weighted by Crippen LogP contribution is -2.43. The topological polar surface area (TPSA) is 28.2 Å². The third-order valence-electron chi connectivity index (χ3n) is 4.69. The van der Waals surface area contributed by atoms with E-state index in [1.54, 1.807) is 11.3 Å². The van der Waals surface area contributed by atoms with E-state index in [0.29, 0.717) is 19.0 Å². The van der Waals surface area contributed by atoms with Crippen molar-refractivity contribution in [3.8, 4) is 0 Å². The van der Waals surface area contributed by atoms with Crippen molar-refractivity contribution in [3.05, 3.63) is 16.1 Å². The second-order valence-electron chi connectivity index (χ2n) is 6.19. The smallest absolute Gasteiger partial charge is 0.250 e. The number of piperidine rings is 1. The van der Waals surface area contributed by atoms with Gasteiger partial charge in [0.2, 0.25) is 0 Å². The lowest BCUT2D eigenvalue weighted by atomic mass is 9.86. The van der Waals surface area contributed by atoms with Crippen LogP contribution in [0.3, 0.4) is 0 Å². The first-order valence-electron chi connectivity index (χ1n) is 7.81. The van der Waals surface area contributed by atoms with Crippen LogP contribution < -0.4 is 5.32 Å². The van der Waals surface area contributed by atoms with Crippen LogP contribution >= 0.6 is 11.3 Å². The minimum atomic E-state index is -2.48. The number of nitrogens with one attached hydrogen (secondary N) is 1. The largest absolute Gasteiger partial charge is 0.318 e. The number of thiazole rings is 1. The van der Waals surface area contributed by atoms with Crippen LogP contribution in [0, 0.1) is 0 Å². The predicted octanol–water partition coefficient (Wildman–Crippen LogP) is 3.40. The highest BCUT2D eigenvalue weighted by Gasteiger charge is 2.37. The average Bonchev–Trinajstić information content (AvgIpc) is 2.83. The molecule has 2 fully saturated rings. The van der Waals surface area contributed by atoms with Crippen LogP contribution in [0.4, 0.5) is 8.78 Å². The number of alkyl halides is 2. The van der Waals surface area contributed by atoms with Crippen LogP contribution in [-0.4, -0.2) is 42.5 Å². The summed E-state index contributed by atoms with van der Waals surface area (Å²) in [5, 5.41) is 4.44. The van der Waals surface area contributed by atoms with Crippen molar-refractivity contribution in [3.63, 3.8) is 0 Å². The fourth-order valence-electron chi connectivity index (χ4n) is 3.06. The quantitative estimate of drug-likeness (QED) is 0.902. The van der Waals surface area contributed by atoms with E-state index in [9.17, 15) is 8.78 Å². The minimum Gasteiger partial charge on any atom is -0.318 e. The molecular formula is C15H23F2N3S. The molecule has 3 nitrogen and oxygen atoms in total. The molecule has 118 valence electrons. The van der Waals surface area contributed by atoms with Crippen LogP contribution in [0.25, 0.3) is 0 Å². The number of nitrogens with zero attached hydrogens (tertiary/aromatic N) is 2. The fraction of sp³-hybridized carbons (Fsp3) is 0.800. The normalized spacial score (nSPS) is 24.7. The molecular weight excluding hydrogens is 292 g/mol. The van der Waals surface area contributed by atoms with Crippen molar-refractivity contribution in [2.75, 3.05) is 26.7 Å². The van der Waals surface area contributed by atoms with Gasteiger partial charge in [0.05, 0.1) is 11.0 Å². The van der Waals surface area contributed by atoms with E-state index in [1.807, 2.05) is 13.2 Å². The van der Waals surface area contributed by atoms with Gasteiger partial charge in [-0.1, -0.05) is 6.42 Å². The number of hydrogen-bond acceptors (Lipinski definition) is 4. The lowest BCUT2D eigenvalue weighted by Gasteiger charge is -2.36. The molecule has 0 radical (unpaired) electrons. The lowest BCUT2D eigenvalue weighted by molar-refractivity contribution is -0.0629. The minimum absolute atomic E-state index is 0.0263. The number of likely N-dealkylation sites (N-methyl/N-ethyl adjacent to an activating group) is 1. The molecule has 2 aliphatic rings. The van der Waals surface area contributed by atoms with Crippen LogP contribution in [0.1, 0.15) is 53.9 Å². The van der Waals surface area contributed by atoms with Crippen molar-refractivity contribution >= 4 is 11.3 Å². The summed E-state index contributed by atoms with van der Waals surface area (Å²) in [5.41, 5.74) is 0. The summed E-state index contributed by atoms with van der Waals surface area (Å²) >= 11 is 1.78.